The summed E-state index contributed by atoms with van der Waals surface area (Å²) < 4.78 is 0. The number of nitrogens with one attached hydrogen (secondary N) is 6. The number of hydrogen-bond donors (Lipinski definition) is 8. The molecule has 1 aliphatic rings. The highest BCUT2D eigenvalue weighted by atomic mass is 32.1. The van der Waals surface area contributed by atoms with Gasteiger partial charge in [-0.15, -0.1) is 0 Å². The fraction of sp³-hybridized carbons (Fsp3) is 0.400. The lowest BCUT2D eigenvalue weighted by Gasteiger charge is -2.25. The number of aromatic nitrogens is 3. The number of fused-ring (bicyclic) bond motifs is 1. The summed E-state index contributed by atoms with van der Waals surface area (Å²) in [5.41, 5.74) is 2.29. The van der Waals surface area contributed by atoms with Crippen LogP contribution in [0.1, 0.15) is 24.1 Å². The third-order valence-corrected chi connectivity index (χ3v) is 6.88. The number of aromatic amines is 2. The Morgan fingerprint density at radius 1 is 1.03 bits per heavy atom. The van der Waals surface area contributed by atoms with E-state index < -0.39 is 42.0 Å². The molecule has 0 spiro atoms. The van der Waals surface area contributed by atoms with Crippen molar-refractivity contribution in [1.82, 2.24) is 36.2 Å². The van der Waals surface area contributed by atoms with Crippen LogP contribution in [0.15, 0.2) is 43.0 Å². The summed E-state index contributed by atoms with van der Waals surface area (Å²) in [5.74, 6) is -2.92. The van der Waals surface area contributed by atoms with Gasteiger partial charge in [0.25, 0.3) is 0 Å². The topological polar surface area (TPSA) is 181 Å². The van der Waals surface area contributed by atoms with E-state index in [1.54, 1.807) is 6.20 Å². The minimum absolute atomic E-state index is 0.0361. The van der Waals surface area contributed by atoms with E-state index in [2.05, 4.69) is 48.8 Å². The van der Waals surface area contributed by atoms with Crippen LogP contribution >= 0.6 is 12.6 Å². The second-order valence-electron chi connectivity index (χ2n) is 9.20. The summed E-state index contributed by atoms with van der Waals surface area (Å²) in [6, 6.07) is 3.88. The predicted octanol–water partition coefficient (Wildman–Crippen LogP) is -0.103. The highest BCUT2D eigenvalue weighted by Crippen LogP contribution is 2.19. The zero-order valence-electron chi connectivity index (χ0n) is 20.6. The number of amides is 3. The van der Waals surface area contributed by atoms with E-state index >= 15 is 0 Å². The van der Waals surface area contributed by atoms with Crippen molar-refractivity contribution < 1.29 is 24.3 Å². The van der Waals surface area contributed by atoms with Crippen LogP contribution in [0, 0.1) is 0 Å². The van der Waals surface area contributed by atoms with E-state index in [0.29, 0.717) is 12.1 Å². The minimum Gasteiger partial charge on any atom is -0.480 e. The van der Waals surface area contributed by atoms with Crippen LogP contribution < -0.4 is 21.3 Å². The standard InChI is InChI=1S/C25H31N7O5S/c33-22(18-6-3-7-27-18)30-19(8-14-10-28-17-5-2-1-4-16(14)17)23(34)31-20(9-15-11-26-13-29-15)24(35)32-21(12-38)25(36)37/h1-2,4-5,10-11,13,18-21,27-28,38H,3,6-9,12H2,(H,26,29)(H,30,33)(H,31,34)(H,32,35)(H,36,37). The Morgan fingerprint density at radius 3 is 2.42 bits per heavy atom. The van der Waals surface area contributed by atoms with Gasteiger partial charge < -0.3 is 36.3 Å². The maximum Gasteiger partial charge on any atom is 0.327 e. The van der Waals surface area contributed by atoms with Crippen molar-refractivity contribution in [3.8, 4) is 0 Å². The predicted molar refractivity (Wildman–Crippen MR) is 143 cm³/mol. The van der Waals surface area contributed by atoms with Crippen molar-refractivity contribution in [1.29, 1.82) is 0 Å². The van der Waals surface area contributed by atoms with Gasteiger partial charge in [-0.1, -0.05) is 18.2 Å². The zero-order chi connectivity index (χ0) is 27.1. The van der Waals surface area contributed by atoms with E-state index in [1.165, 1.54) is 12.5 Å². The Morgan fingerprint density at radius 2 is 1.76 bits per heavy atom. The molecule has 38 heavy (non-hydrogen) atoms. The number of aliphatic carboxylic acids is 1. The van der Waals surface area contributed by atoms with Gasteiger partial charge >= 0.3 is 5.97 Å². The third-order valence-electron chi connectivity index (χ3n) is 6.52. The molecule has 12 nitrogen and oxygen atoms in total. The lowest BCUT2D eigenvalue weighted by molar-refractivity contribution is -0.141. The molecule has 0 bridgehead atoms. The number of H-pyrrole nitrogens is 2. The molecule has 0 radical (unpaired) electrons. The van der Waals surface area contributed by atoms with Gasteiger partial charge in [-0.3, -0.25) is 14.4 Å². The highest BCUT2D eigenvalue weighted by Gasteiger charge is 2.32. The van der Waals surface area contributed by atoms with Gasteiger partial charge in [-0.25, -0.2) is 9.78 Å². The van der Waals surface area contributed by atoms with Crippen molar-refractivity contribution in [3.63, 3.8) is 0 Å². The molecule has 4 unspecified atom stereocenters. The maximum atomic E-state index is 13.6. The van der Waals surface area contributed by atoms with Gasteiger partial charge in [-0.2, -0.15) is 12.6 Å². The van der Waals surface area contributed by atoms with Crippen molar-refractivity contribution in [2.45, 2.75) is 49.9 Å². The fourth-order valence-electron chi connectivity index (χ4n) is 4.47. The molecule has 3 heterocycles. The zero-order valence-corrected chi connectivity index (χ0v) is 21.5. The SMILES string of the molecule is O=C(O)C(CS)NC(=O)C(Cc1cnc[nH]1)NC(=O)C(Cc1c[nH]c2ccccc12)NC(=O)C1CCCN1. The Kier molecular flexibility index (Phi) is 9.02. The number of rotatable bonds is 12. The van der Waals surface area contributed by atoms with Gasteiger partial charge in [0.2, 0.25) is 17.7 Å². The summed E-state index contributed by atoms with van der Waals surface area (Å²) >= 11 is 3.99. The molecule has 4 atom stereocenters. The quantitative estimate of drug-likeness (QED) is 0.147. The number of carboxylic acid groups (broad SMARTS) is 1. The van der Waals surface area contributed by atoms with E-state index in [1.807, 2.05) is 24.3 Å². The Hall–Kier alpha value is -3.84. The van der Waals surface area contributed by atoms with E-state index in [0.717, 1.165) is 29.4 Å². The molecule has 4 rings (SSSR count). The van der Waals surface area contributed by atoms with Gasteiger partial charge in [0.15, 0.2) is 0 Å². The summed E-state index contributed by atoms with van der Waals surface area (Å²) in [5, 5.41) is 21.4. The molecular formula is C25H31N7O5S. The first-order chi connectivity index (χ1) is 18.4. The molecule has 3 amide bonds. The van der Waals surface area contributed by atoms with E-state index in [9.17, 15) is 24.3 Å². The molecule has 0 aliphatic carbocycles. The van der Waals surface area contributed by atoms with Crippen LogP contribution in [0.4, 0.5) is 0 Å². The summed E-state index contributed by atoms with van der Waals surface area (Å²) in [7, 11) is 0. The van der Waals surface area contributed by atoms with Crippen LogP contribution in [-0.4, -0.2) is 80.2 Å². The molecule has 202 valence electrons. The number of nitrogens with zero attached hydrogens (tertiary/aromatic N) is 1. The molecule has 1 saturated heterocycles. The van der Waals surface area contributed by atoms with Crippen molar-refractivity contribution in [3.05, 3.63) is 54.2 Å². The molecule has 7 N–H and O–H groups in total. The number of benzene rings is 1. The van der Waals surface area contributed by atoms with E-state index in [4.69, 9.17) is 0 Å². The van der Waals surface area contributed by atoms with Crippen molar-refractivity contribution >= 4 is 47.2 Å². The van der Waals surface area contributed by atoms with Gasteiger partial charge in [0.05, 0.1) is 12.4 Å². The Balaban J connectivity index is 1.56. The van der Waals surface area contributed by atoms with Crippen LogP contribution in [-0.2, 0) is 32.0 Å². The average Bonchev–Trinajstić information content (AvgIpc) is 3.69. The summed E-state index contributed by atoms with van der Waals surface area (Å²) in [6.07, 6.45) is 6.49. The van der Waals surface area contributed by atoms with Crippen LogP contribution in [0.25, 0.3) is 10.9 Å². The minimum atomic E-state index is -1.24. The Bertz CT molecular complexity index is 1270. The molecule has 0 saturated carbocycles. The number of thiol groups is 1. The molecule has 1 aliphatic heterocycles. The lowest BCUT2D eigenvalue weighted by atomic mass is 10.0. The first kappa shape index (κ1) is 27.2. The van der Waals surface area contributed by atoms with Gasteiger partial charge in [-0.05, 0) is 31.0 Å². The highest BCUT2D eigenvalue weighted by molar-refractivity contribution is 7.80. The number of carbonyl (C=O) groups is 4. The summed E-state index contributed by atoms with van der Waals surface area (Å²) in [6.45, 7) is 0.722. The molecule has 2 aromatic heterocycles. The third kappa shape index (κ3) is 6.72. The molecular weight excluding hydrogens is 510 g/mol. The number of hydrogen-bond acceptors (Lipinski definition) is 7. The largest absolute Gasteiger partial charge is 0.480 e. The van der Waals surface area contributed by atoms with Crippen LogP contribution in [0.5, 0.6) is 0 Å². The van der Waals surface area contributed by atoms with E-state index in [-0.39, 0.29) is 24.5 Å². The van der Waals surface area contributed by atoms with Crippen molar-refractivity contribution in [2.24, 2.45) is 0 Å². The van der Waals surface area contributed by atoms with Crippen LogP contribution in [0.2, 0.25) is 0 Å². The first-order valence-corrected chi connectivity index (χ1v) is 13.0. The number of carboxylic acids is 1. The second kappa shape index (κ2) is 12.6. The number of para-hydroxylation sites is 1. The molecule has 1 fully saturated rings. The molecule has 3 aromatic rings. The normalized spacial score (nSPS) is 17.4. The maximum absolute atomic E-state index is 13.6. The number of imidazole rings is 1. The molecule has 13 heteroatoms. The summed E-state index contributed by atoms with van der Waals surface area (Å²) in [4.78, 5) is 61.1. The fourth-order valence-corrected chi connectivity index (χ4v) is 4.71. The van der Waals surface area contributed by atoms with Gasteiger partial charge in [0.1, 0.15) is 18.1 Å². The average molecular weight is 542 g/mol. The second-order valence-corrected chi connectivity index (χ2v) is 9.56. The van der Waals surface area contributed by atoms with Crippen LogP contribution in [0.3, 0.4) is 0 Å². The Labute approximate surface area is 224 Å². The smallest absolute Gasteiger partial charge is 0.327 e. The monoisotopic (exact) mass is 541 g/mol. The number of carbonyl (C=O) groups excluding carboxylic acids is 3. The van der Waals surface area contributed by atoms with Crippen molar-refractivity contribution in [2.75, 3.05) is 12.3 Å². The van der Waals surface area contributed by atoms with Gasteiger partial charge in [0, 0.05) is 47.6 Å². The molecule has 1 aromatic carbocycles. The lowest BCUT2D eigenvalue weighted by Crippen LogP contribution is -2.58. The first-order valence-electron chi connectivity index (χ1n) is 12.4.